The molecule has 0 atom stereocenters. The summed E-state index contributed by atoms with van der Waals surface area (Å²) in [5.74, 6) is 1.58. The van der Waals surface area contributed by atoms with Gasteiger partial charge in [0.05, 0.1) is 5.52 Å². The summed E-state index contributed by atoms with van der Waals surface area (Å²) in [6.45, 7) is 4.28. The van der Waals surface area contributed by atoms with Crippen LogP contribution in [0, 0.1) is 0 Å². The van der Waals surface area contributed by atoms with Gasteiger partial charge in [0, 0.05) is 5.92 Å². The van der Waals surface area contributed by atoms with E-state index in [-0.39, 0.29) is 0 Å². The Bertz CT molecular complexity index is 330. The molecule has 0 bridgehead atoms. The second-order valence-corrected chi connectivity index (χ2v) is 3.81. The van der Waals surface area contributed by atoms with Gasteiger partial charge in [-0.15, -0.1) is 11.3 Å². The Hall–Kier alpha value is -0.830. The quantitative estimate of drug-likeness (QED) is 0.693. The maximum Gasteiger partial charge on any atom is 0.141 e. The summed E-state index contributed by atoms with van der Waals surface area (Å²) < 4.78 is 0. The van der Waals surface area contributed by atoms with Crippen LogP contribution in [0.1, 0.15) is 25.6 Å². The molecule has 0 aliphatic heterocycles. The third-order valence-corrected chi connectivity index (χ3v) is 2.48. The van der Waals surface area contributed by atoms with Gasteiger partial charge in [-0.25, -0.2) is 4.98 Å². The van der Waals surface area contributed by atoms with Crippen molar-refractivity contribution in [2.75, 3.05) is 0 Å². The molecule has 11 heavy (non-hydrogen) atoms. The minimum absolute atomic E-state index is 0.495. The van der Waals surface area contributed by atoms with E-state index >= 15 is 0 Å². The Labute approximate surface area is 69.3 Å². The number of imidazole rings is 1. The van der Waals surface area contributed by atoms with Gasteiger partial charge in [-0.3, -0.25) is 0 Å². The fraction of sp³-hybridized carbons (Fsp3) is 0.375. The van der Waals surface area contributed by atoms with Gasteiger partial charge in [0.1, 0.15) is 10.7 Å². The van der Waals surface area contributed by atoms with E-state index in [2.05, 4.69) is 35.3 Å². The van der Waals surface area contributed by atoms with Crippen molar-refractivity contribution in [3.8, 4) is 0 Å². The molecule has 0 aliphatic carbocycles. The molecule has 1 N–H and O–H groups in total. The fourth-order valence-corrected chi connectivity index (χ4v) is 1.76. The molecule has 0 saturated carbocycles. The van der Waals surface area contributed by atoms with Gasteiger partial charge < -0.3 is 4.98 Å². The summed E-state index contributed by atoms with van der Waals surface area (Å²) in [6.07, 6.45) is 0. The van der Waals surface area contributed by atoms with Gasteiger partial charge in [0.25, 0.3) is 0 Å². The fourth-order valence-electron chi connectivity index (χ4n) is 1.03. The molecule has 0 aromatic carbocycles. The van der Waals surface area contributed by atoms with Crippen molar-refractivity contribution in [3.05, 3.63) is 17.3 Å². The molecule has 0 fully saturated rings. The predicted octanol–water partition coefficient (Wildman–Crippen LogP) is 2.75. The molecule has 0 unspecified atom stereocenters. The molecule has 2 nitrogen and oxygen atoms in total. The smallest absolute Gasteiger partial charge is 0.141 e. The van der Waals surface area contributed by atoms with E-state index in [1.807, 2.05) is 0 Å². The van der Waals surface area contributed by atoms with Crippen molar-refractivity contribution in [1.29, 1.82) is 0 Å². The lowest BCUT2D eigenvalue weighted by Crippen LogP contribution is -1.88. The van der Waals surface area contributed by atoms with Gasteiger partial charge in [-0.2, -0.15) is 0 Å². The minimum atomic E-state index is 0.495. The lowest BCUT2D eigenvalue weighted by Gasteiger charge is -1.95. The Morgan fingerprint density at radius 1 is 1.55 bits per heavy atom. The number of nitrogens with zero attached hydrogens (tertiary/aromatic N) is 1. The van der Waals surface area contributed by atoms with E-state index in [1.54, 1.807) is 11.3 Å². The lowest BCUT2D eigenvalue weighted by molar-refractivity contribution is 0.799. The molecule has 0 spiro atoms. The lowest BCUT2D eigenvalue weighted by atomic mass is 10.2. The van der Waals surface area contributed by atoms with Crippen molar-refractivity contribution in [2.45, 2.75) is 19.8 Å². The average Bonchev–Trinajstić information content (AvgIpc) is 2.40. The molecule has 0 saturated heterocycles. The number of fused-ring (bicyclic) bond motifs is 1. The Balaban J connectivity index is 2.58. The number of aromatic nitrogens is 2. The van der Waals surface area contributed by atoms with Crippen molar-refractivity contribution in [2.24, 2.45) is 0 Å². The molecular weight excluding hydrogens is 156 g/mol. The topological polar surface area (TPSA) is 28.7 Å². The van der Waals surface area contributed by atoms with E-state index < -0.39 is 0 Å². The van der Waals surface area contributed by atoms with E-state index in [9.17, 15) is 0 Å². The summed E-state index contributed by atoms with van der Waals surface area (Å²) in [5.41, 5.74) is 1.17. The Kier molecular flexibility index (Phi) is 1.46. The highest BCUT2D eigenvalue weighted by Crippen LogP contribution is 2.20. The van der Waals surface area contributed by atoms with Crippen molar-refractivity contribution < 1.29 is 0 Å². The first-order valence-electron chi connectivity index (χ1n) is 3.70. The minimum Gasteiger partial charge on any atom is -0.341 e. The summed E-state index contributed by atoms with van der Waals surface area (Å²) in [5, 5.41) is 2.05. The second-order valence-electron chi connectivity index (χ2n) is 2.92. The zero-order chi connectivity index (χ0) is 7.84. The van der Waals surface area contributed by atoms with Crippen LogP contribution in [-0.2, 0) is 0 Å². The van der Waals surface area contributed by atoms with Crippen molar-refractivity contribution in [3.63, 3.8) is 0 Å². The number of rotatable bonds is 1. The van der Waals surface area contributed by atoms with Crippen LogP contribution in [0.2, 0.25) is 0 Å². The van der Waals surface area contributed by atoms with Crippen LogP contribution < -0.4 is 0 Å². The first-order chi connectivity index (χ1) is 5.27. The summed E-state index contributed by atoms with van der Waals surface area (Å²) in [6, 6.07) is 2.07. The molecule has 2 heterocycles. The molecule has 3 heteroatoms. The van der Waals surface area contributed by atoms with Crippen LogP contribution >= 0.6 is 11.3 Å². The van der Waals surface area contributed by atoms with E-state index in [4.69, 9.17) is 0 Å². The first-order valence-corrected chi connectivity index (χ1v) is 4.58. The summed E-state index contributed by atoms with van der Waals surface area (Å²) in [7, 11) is 0. The molecule has 0 aliphatic rings. The van der Waals surface area contributed by atoms with Crippen LogP contribution in [0.5, 0.6) is 0 Å². The molecule has 0 amide bonds. The van der Waals surface area contributed by atoms with Gasteiger partial charge in [0.2, 0.25) is 0 Å². The molecule has 2 aromatic rings. The van der Waals surface area contributed by atoms with E-state index in [0.717, 1.165) is 10.7 Å². The Morgan fingerprint density at radius 3 is 3.00 bits per heavy atom. The molecule has 58 valence electrons. The van der Waals surface area contributed by atoms with Crippen molar-refractivity contribution >= 4 is 21.7 Å². The van der Waals surface area contributed by atoms with Crippen LogP contribution in [0.3, 0.4) is 0 Å². The molecular formula is C8H10N2S. The van der Waals surface area contributed by atoms with E-state index in [0.29, 0.717) is 5.92 Å². The zero-order valence-electron chi connectivity index (χ0n) is 6.59. The Morgan fingerprint density at radius 2 is 2.36 bits per heavy atom. The highest BCUT2D eigenvalue weighted by molar-refractivity contribution is 7.16. The van der Waals surface area contributed by atoms with Crippen molar-refractivity contribution in [1.82, 2.24) is 9.97 Å². The second kappa shape index (κ2) is 2.34. The first kappa shape index (κ1) is 6.85. The SMILES string of the molecule is CC(C)c1nc2sccc2[nH]1. The zero-order valence-corrected chi connectivity index (χ0v) is 7.40. The molecule has 0 radical (unpaired) electrons. The maximum atomic E-state index is 4.44. The maximum absolute atomic E-state index is 4.44. The molecule has 2 aromatic heterocycles. The van der Waals surface area contributed by atoms with Gasteiger partial charge >= 0.3 is 0 Å². The number of hydrogen-bond donors (Lipinski definition) is 1. The van der Waals surface area contributed by atoms with Crippen LogP contribution in [-0.4, -0.2) is 9.97 Å². The van der Waals surface area contributed by atoms with Crippen LogP contribution in [0.15, 0.2) is 11.4 Å². The molecule has 2 rings (SSSR count). The highest BCUT2D eigenvalue weighted by atomic mass is 32.1. The average molecular weight is 166 g/mol. The van der Waals surface area contributed by atoms with Gasteiger partial charge in [-0.1, -0.05) is 13.8 Å². The number of thiophene rings is 1. The third-order valence-electron chi connectivity index (χ3n) is 1.68. The summed E-state index contributed by atoms with van der Waals surface area (Å²) in [4.78, 5) is 8.83. The third kappa shape index (κ3) is 1.05. The van der Waals surface area contributed by atoms with E-state index in [1.165, 1.54) is 5.52 Å². The summed E-state index contributed by atoms with van der Waals surface area (Å²) >= 11 is 1.68. The monoisotopic (exact) mass is 166 g/mol. The highest BCUT2D eigenvalue weighted by Gasteiger charge is 2.05. The normalized spacial score (nSPS) is 11.5. The standard InChI is InChI=1S/C8H10N2S/c1-5(2)7-9-6-3-4-11-8(6)10-7/h3-5H,1-2H3,(H,9,10). The van der Waals surface area contributed by atoms with Crippen LogP contribution in [0.25, 0.3) is 10.3 Å². The van der Waals surface area contributed by atoms with Gasteiger partial charge in [0.15, 0.2) is 0 Å². The largest absolute Gasteiger partial charge is 0.341 e. The number of nitrogens with one attached hydrogen (secondary N) is 1. The van der Waals surface area contributed by atoms with Crippen LogP contribution in [0.4, 0.5) is 0 Å². The number of H-pyrrole nitrogens is 1. The van der Waals surface area contributed by atoms with Gasteiger partial charge in [-0.05, 0) is 11.4 Å². The number of aromatic amines is 1. The number of hydrogen-bond acceptors (Lipinski definition) is 2. The predicted molar refractivity (Wildman–Crippen MR) is 48.1 cm³/mol.